The van der Waals surface area contributed by atoms with Crippen LogP contribution in [0.5, 0.6) is 5.75 Å². The molecule has 6 heteroatoms. The third kappa shape index (κ3) is 4.31. The molecule has 0 unspecified atom stereocenters. The van der Waals surface area contributed by atoms with Crippen molar-refractivity contribution in [3.05, 3.63) is 57.8 Å². The van der Waals surface area contributed by atoms with Gasteiger partial charge < -0.3 is 14.6 Å². The highest BCUT2D eigenvalue weighted by molar-refractivity contribution is 7.71. The summed E-state index contributed by atoms with van der Waals surface area (Å²) in [5, 5.41) is 0.660. The lowest BCUT2D eigenvalue weighted by molar-refractivity contribution is 0.0773. The maximum Gasteiger partial charge on any atom is 0.256 e. The second-order valence-electron chi connectivity index (χ2n) is 4.44. The van der Waals surface area contributed by atoms with E-state index >= 15 is 0 Å². The van der Waals surface area contributed by atoms with Gasteiger partial charge in [-0.3, -0.25) is 4.79 Å². The summed E-state index contributed by atoms with van der Waals surface area (Å²) >= 11 is 10.9. The van der Waals surface area contributed by atoms with Crippen LogP contribution in [0, 0.1) is 4.64 Å². The van der Waals surface area contributed by atoms with Gasteiger partial charge in [0.15, 0.2) is 0 Å². The fourth-order valence-electron chi connectivity index (χ4n) is 1.73. The van der Waals surface area contributed by atoms with Crippen molar-refractivity contribution in [1.29, 1.82) is 0 Å². The average Bonchev–Trinajstić information content (AvgIpc) is 2.49. The van der Waals surface area contributed by atoms with Gasteiger partial charge in [-0.05, 0) is 36.4 Å². The number of aromatic nitrogens is 1. The normalized spacial score (nSPS) is 10.2. The molecule has 0 aliphatic rings. The van der Waals surface area contributed by atoms with Crippen molar-refractivity contribution in [2.24, 2.45) is 0 Å². The van der Waals surface area contributed by atoms with E-state index in [1.165, 1.54) is 0 Å². The predicted molar refractivity (Wildman–Crippen MR) is 85.5 cm³/mol. The Morgan fingerprint density at radius 3 is 2.71 bits per heavy atom. The van der Waals surface area contributed by atoms with Crippen LogP contribution in [-0.4, -0.2) is 36.0 Å². The number of likely N-dealkylation sites (N-methyl/N-ethyl adjacent to an activating group) is 1. The minimum Gasteiger partial charge on any atom is -0.492 e. The fraction of sp³-hybridized carbons (Fsp3) is 0.200. The number of halogens is 1. The molecule has 1 aromatic carbocycles. The first-order valence-corrected chi connectivity index (χ1v) is 7.18. The number of hydrogen-bond acceptors (Lipinski definition) is 3. The largest absolute Gasteiger partial charge is 0.492 e. The van der Waals surface area contributed by atoms with Gasteiger partial charge in [0.2, 0.25) is 0 Å². The highest BCUT2D eigenvalue weighted by Crippen LogP contribution is 2.15. The molecule has 0 radical (unpaired) electrons. The number of rotatable bonds is 5. The second kappa shape index (κ2) is 7.24. The molecule has 2 aromatic rings. The van der Waals surface area contributed by atoms with Gasteiger partial charge in [-0.15, -0.1) is 0 Å². The molecule has 1 aromatic heterocycles. The molecule has 0 atom stereocenters. The van der Waals surface area contributed by atoms with Gasteiger partial charge in [-0.25, -0.2) is 0 Å². The molecule has 0 spiro atoms. The van der Waals surface area contributed by atoms with E-state index in [0.29, 0.717) is 28.4 Å². The molecule has 0 fully saturated rings. The van der Waals surface area contributed by atoms with Crippen LogP contribution in [0.4, 0.5) is 0 Å². The van der Waals surface area contributed by atoms with Crippen molar-refractivity contribution in [1.82, 2.24) is 9.88 Å². The van der Waals surface area contributed by atoms with Gasteiger partial charge in [0.05, 0.1) is 12.1 Å². The van der Waals surface area contributed by atoms with Crippen molar-refractivity contribution >= 4 is 29.7 Å². The molecule has 1 heterocycles. The molecule has 0 aliphatic carbocycles. The summed E-state index contributed by atoms with van der Waals surface area (Å²) in [6.07, 6.45) is 1.70. The molecule has 1 N–H and O–H groups in total. The first-order chi connectivity index (χ1) is 10.1. The number of hydrogen-bond donors (Lipinski definition) is 1. The monoisotopic (exact) mass is 322 g/mol. The highest BCUT2D eigenvalue weighted by atomic mass is 35.5. The molecular formula is C15H15ClN2O2S. The van der Waals surface area contributed by atoms with Crippen LogP contribution < -0.4 is 4.74 Å². The number of H-pyrrole nitrogens is 1. The Labute approximate surface area is 133 Å². The summed E-state index contributed by atoms with van der Waals surface area (Å²) in [6.45, 7) is 0.859. The van der Waals surface area contributed by atoms with E-state index in [1.54, 1.807) is 54.5 Å². The van der Waals surface area contributed by atoms with E-state index in [0.717, 1.165) is 5.75 Å². The second-order valence-corrected chi connectivity index (χ2v) is 5.29. The highest BCUT2D eigenvalue weighted by Gasteiger charge is 2.12. The zero-order valence-electron chi connectivity index (χ0n) is 11.5. The van der Waals surface area contributed by atoms with Gasteiger partial charge in [0, 0.05) is 18.3 Å². The van der Waals surface area contributed by atoms with Crippen LogP contribution in [0.1, 0.15) is 10.4 Å². The maximum absolute atomic E-state index is 12.2. The Balaban J connectivity index is 1.88. The molecule has 21 heavy (non-hydrogen) atoms. The zero-order valence-corrected chi connectivity index (χ0v) is 13.1. The summed E-state index contributed by atoms with van der Waals surface area (Å²) in [7, 11) is 1.72. The van der Waals surface area contributed by atoms with E-state index < -0.39 is 0 Å². The van der Waals surface area contributed by atoms with Gasteiger partial charge >= 0.3 is 0 Å². The lowest BCUT2D eigenvalue weighted by atomic mass is 10.2. The quantitative estimate of drug-likeness (QED) is 0.856. The number of amides is 1. The third-order valence-corrected chi connectivity index (χ3v) is 3.49. The zero-order chi connectivity index (χ0) is 15.2. The molecular weight excluding hydrogens is 308 g/mol. The van der Waals surface area contributed by atoms with Crippen molar-refractivity contribution < 1.29 is 9.53 Å². The number of benzene rings is 1. The predicted octanol–water partition coefficient (Wildman–Crippen LogP) is 3.55. The number of carbonyl (C=O) groups excluding carboxylic acids is 1. The van der Waals surface area contributed by atoms with Crippen LogP contribution in [-0.2, 0) is 0 Å². The maximum atomic E-state index is 12.2. The third-order valence-electron chi connectivity index (χ3n) is 2.90. The standard InChI is InChI=1S/C15H15ClN2O2S/c1-18(15(19)13-3-2-8-17-14(13)21)9-10-20-12-6-4-11(16)5-7-12/h2-8H,9-10H2,1H3,(H,17,21). The number of nitrogens with one attached hydrogen (secondary N) is 1. The smallest absolute Gasteiger partial charge is 0.256 e. The summed E-state index contributed by atoms with van der Waals surface area (Å²) in [6, 6.07) is 10.6. The Morgan fingerprint density at radius 2 is 2.05 bits per heavy atom. The van der Waals surface area contributed by atoms with Crippen molar-refractivity contribution in [2.45, 2.75) is 0 Å². The van der Waals surface area contributed by atoms with Gasteiger partial charge in [-0.2, -0.15) is 0 Å². The minimum atomic E-state index is -0.128. The van der Waals surface area contributed by atoms with Gasteiger partial charge in [0.25, 0.3) is 5.91 Å². The molecule has 2 rings (SSSR count). The molecule has 0 saturated carbocycles. The average molecular weight is 323 g/mol. The number of nitrogens with zero attached hydrogens (tertiary/aromatic N) is 1. The molecule has 4 nitrogen and oxygen atoms in total. The first kappa shape index (κ1) is 15.5. The van der Waals surface area contributed by atoms with Crippen LogP contribution in [0.3, 0.4) is 0 Å². The van der Waals surface area contributed by atoms with E-state index in [1.807, 2.05) is 0 Å². The van der Waals surface area contributed by atoms with E-state index in [-0.39, 0.29) is 5.91 Å². The number of aromatic amines is 1. The SMILES string of the molecule is CN(CCOc1ccc(Cl)cc1)C(=O)c1ccc[nH]c1=S. The number of pyridine rings is 1. The summed E-state index contributed by atoms with van der Waals surface area (Å²) in [4.78, 5) is 16.6. The Kier molecular flexibility index (Phi) is 5.36. The van der Waals surface area contributed by atoms with Crippen LogP contribution in [0.2, 0.25) is 5.02 Å². The van der Waals surface area contributed by atoms with E-state index in [4.69, 9.17) is 28.6 Å². The minimum absolute atomic E-state index is 0.128. The molecule has 110 valence electrons. The topological polar surface area (TPSA) is 45.3 Å². The fourth-order valence-corrected chi connectivity index (χ4v) is 2.08. The molecule has 0 bridgehead atoms. The lowest BCUT2D eigenvalue weighted by Crippen LogP contribution is -2.31. The molecule has 0 saturated heterocycles. The van der Waals surface area contributed by atoms with Gasteiger partial charge in [0.1, 0.15) is 17.0 Å². The Bertz CT molecular complexity index is 670. The first-order valence-electron chi connectivity index (χ1n) is 6.39. The Morgan fingerprint density at radius 1 is 1.33 bits per heavy atom. The molecule has 1 amide bonds. The van der Waals surface area contributed by atoms with E-state index in [9.17, 15) is 4.79 Å². The molecule has 0 aliphatic heterocycles. The number of ether oxygens (including phenoxy) is 1. The Hall–Kier alpha value is -1.85. The van der Waals surface area contributed by atoms with Crippen LogP contribution in [0.15, 0.2) is 42.6 Å². The van der Waals surface area contributed by atoms with Crippen LogP contribution in [0.25, 0.3) is 0 Å². The van der Waals surface area contributed by atoms with Crippen molar-refractivity contribution in [3.8, 4) is 5.75 Å². The summed E-state index contributed by atoms with van der Waals surface area (Å²) in [5.41, 5.74) is 0.487. The lowest BCUT2D eigenvalue weighted by Gasteiger charge is -2.17. The van der Waals surface area contributed by atoms with E-state index in [2.05, 4.69) is 4.98 Å². The summed E-state index contributed by atoms with van der Waals surface area (Å²) in [5.74, 6) is 0.591. The van der Waals surface area contributed by atoms with Crippen LogP contribution >= 0.6 is 23.8 Å². The summed E-state index contributed by atoms with van der Waals surface area (Å²) < 4.78 is 6.00. The van der Waals surface area contributed by atoms with Gasteiger partial charge in [-0.1, -0.05) is 23.8 Å². The van der Waals surface area contributed by atoms with Crippen molar-refractivity contribution in [3.63, 3.8) is 0 Å². The van der Waals surface area contributed by atoms with Crippen molar-refractivity contribution in [2.75, 3.05) is 20.2 Å². The number of carbonyl (C=O) groups is 1.